The molecule has 0 unspecified atom stereocenters. The maximum atomic E-state index is 13.3. The van der Waals surface area contributed by atoms with Crippen molar-refractivity contribution in [2.75, 3.05) is 32.8 Å². The Morgan fingerprint density at radius 1 is 0.867 bits per heavy atom. The predicted octanol–water partition coefficient (Wildman–Crippen LogP) is 2.27. The van der Waals surface area contributed by atoms with Gasteiger partial charge in [-0.05, 0) is 12.1 Å². The lowest BCUT2D eigenvalue weighted by Gasteiger charge is -2.34. The topological polar surface area (TPSA) is 80.8 Å². The smallest absolute Gasteiger partial charge is 0.289 e. The van der Waals surface area contributed by atoms with Crippen molar-refractivity contribution >= 4 is 11.8 Å². The van der Waals surface area contributed by atoms with Crippen LogP contribution in [0.25, 0.3) is 11.4 Å². The number of carbonyl (C=O) groups is 2. The third-order valence-electron chi connectivity index (χ3n) is 5.59. The summed E-state index contributed by atoms with van der Waals surface area (Å²) in [5, 5.41) is 0. The van der Waals surface area contributed by atoms with Crippen LogP contribution in [0.5, 0.6) is 0 Å². The van der Waals surface area contributed by atoms with E-state index in [2.05, 4.69) is 4.57 Å². The third-order valence-corrected chi connectivity index (χ3v) is 5.59. The summed E-state index contributed by atoms with van der Waals surface area (Å²) in [5.41, 5.74) is 2.24. The molecule has 1 fully saturated rings. The molecule has 154 valence electrons. The van der Waals surface area contributed by atoms with Gasteiger partial charge < -0.3 is 23.5 Å². The van der Waals surface area contributed by atoms with Gasteiger partial charge in [0.2, 0.25) is 0 Å². The number of furan rings is 1. The van der Waals surface area contributed by atoms with Crippen LogP contribution < -0.4 is 0 Å². The number of benzene rings is 1. The van der Waals surface area contributed by atoms with Crippen LogP contribution in [0.2, 0.25) is 0 Å². The second kappa shape index (κ2) is 7.79. The molecule has 1 saturated heterocycles. The van der Waals surface area contributed by atoms with Gasteiger partial charge in [0.25, 0.3) is 11.8 Å². The minimum absolute atomic E-state index is 0.114. The summed E-state index contributed by atoms with van der Waals surface area (Å²) >= 11 is 0. The lowest BCUT2D eigenvalue weighted by atomic mass is 10.2. The van der Waals surface area contributed by atoms with Crippen LogP contribution in [0.4, 0.5) is 0 Å². The van der Waals surface area contributed by atoms with Crippen LogP contribution in [-0.4, -0.2) is 64.0 Å². The van der Waals surface area contributed by atoms with Gasteiger partial charge in [0.05, 0.1) is 25.2 Å². The van der Waals surface area contributed by atoms with E-state index in [4.69, 9.17) is 14.1 Å². The van der Waals surface area contributed by atoms with E-state index in [-0.39, 0.29) is 11.8 Å². The SMILES string of the molecule is O=C(c1ccco1)N1CCN(C(=O)c2nc(-c3ccccc3)n3c2COCC3)CC1. The summed E-state index contributed by atoms with van der Waals surface area (Å²) in [5.74, 6) is 0.856. The molecule has 2 amide bonds. The molecule has 3 aromatic rings. The zero-order valence-corrected chi connectivity index (χ0v) is 16.5. The first kappa shape index (κ1) is 18.6. The summed E-state index contributed by atoms with van der Waals surface area (Å²) in [6.07, 6.45) is 1.49. The molecule has 0 N–H and O–H groups in total. The molecule has 8 heteroatoms. The van der Waals surface area contributed by atoms with Crippen molar-refractivity contribution in [1.29, 1.82) is 0 Å². The fraction of sp³-hybridized carbons (Fsp3) is 0.318. The Bertz CT molecular complexity index is 1050. The zero-order valence-electron chi connectivity index (χ0n) is 16.5. The van der Waals surface area contributed by atoms with Gasteiger partial charge in [-0.1, -0.05) is 30.3 Å². The molecule has 0 atom stereocenters. The molecular formula is C22H22N4O4. The Morgan fingerprint density at radius 3 is 2.30 bits per heavy atom. The summed E-state index contributed by atoms with van der Waals surface area (Å²) in [6.45, 7) is 3.48. The number of imidazole rings is 1. The maximum Gasteiger partial charge on any atom is 0.289 e. The fourth-order valence-electron chi connectivity index (χ4n) is 4.00. The molecule has 8 nitrogen and oxygen atoms in total. The largest absolute Gasteiger partial charge is 0.459 e. The zero-order chi connectivity index (χ0) is 20.5. The third kappa shape index (κ3) is 3.29. The minimum Gasteiger partial charge on any atom is -0.459 e. The summed E-state index contributed by atoms with van der Waals surface area (Å²) < 4.78 is 12.9. The molecule has 1 aromatic carbocycles. The Morgan fingerprint density at radius 2 is 1.60 bits per heavy atom. The number of carbonyl (C=O) groups excluding carboxylic acids is 2. The first-order valence-electron chi connectivity index (χ1n) is 10.1. The molecule has 4 heterocycles. The molecule has 5 rings (SSSR count). The second-order valence-electron chi connectivity index (χ2n) is 7.36. The number of amides is 2. The van der Waals surface area contributed by atoms with Gasteiger partial charge >= 0.3 is 0 Å². The van der Waals surface area contributed by atoms with Gasteiger partial charge in [-0.3, -0.25) is 9.59 Å². The van der Waals surface area contributed by atoms with Gasteiger partial charge in [0.1, 0.15) is 5.82 Å². The molecule has 30 heavy (non-hydrogen) atoms. The average molecular weight is 406 g/mol. The molecule has 0 radical (unpaired) electrons. The molecule has 0 aliphatic carbocycles. The van der Waals surface area contributed by atoms with Crippen LogP contribution in [-0.2, 0) is 17.9 Å². The van der Waals surface area contributed by atoms with Gasteiger partial charge in [0.15, 0.2) is 11.5 Å². The van der Waals surface area contributed by atoms with E-state index >= 15 is 0 Å². The van der Waals surface area contributed by atoms with Crippen molar-refractivity contribution in [2.45, 2.75) is 13.2 Å². The first-order chi connectivity index (χ1) is 14.7. The van der Waals surface area contributed by atoms with Gasteiger partial charge in [-0.25, -0.2) is 4.98 Å². The number of piperazine rings is 1. The molecule has 0 spiro atoms. The van der Waals surface area contributed by atoms with E-state index in [1.54, 1.807) is 21.9 Å². The number of hydrogen-bond acceptors (Lipinski definition) is 5. The first-order valence-corrected chi connectivity index (χ1v) is 10.1. The van der Waals surface area contributed by atoms with Gasteiger partial charge in [0, 0.05) is 38.3 Å². The molecular weight excluding hydrogens is 384 g/mol. The van der Waals surface area contributed by atoms with E-state index < -0.39 is 0 Å². The van der Waals surface area contributed by atoms with Crippen LogP contribution in [0.15, 0.2) is 53.1 Å². The normalized spacial score (nSPS) is 16.4. The maximum absolute atomic E-state index is 13.3. The standard InChI is InChI=1S/C22H22N4O4/c27-21(18-7-4-13-30-18)24-8-10-25(11-9-24)22(28)19-17-15-29-14-12-26(17)20(23-19)16-5-2-1-3-6-16/h1-7,13H,8-12,14-15H2. The lowest BCUT2D eigenvalue weighted by Crippen LogP contribution is -2.50. The highest BCUT2D eigenvalue weighted by Crippen LogP contribution is 2.26. The summed E-state index contributed by atoms with van der Waals surface area (Å²) in [6, 6.07) is 13.2. The average Bonchev–Trinajstić information content (AvgIpc) is 3.47. The van der Waals surface area contributed by atoms with Crippen LogP contribution >= 0.6 is 0 Å². The Kier molecular flexibility index (Phi) is 4.84. The molecule has 0 bridgehead atoms. The van der Waals surface area contributed by atoms with Crippen molar-refractivity contribution in [1.82, 2.24) is 19.4 Å². The molecule has 2 aliphatic heterocycles. The van der Waals surface area contributed by atoms with E-state index in [0.29, 0.717) is 57.4 Å². The number of fused-ring (bicyclic) bond motifs is 1. The highest BCUT2D eigenvalue weighted by Gasteiger charge is 2.31. The number of rotatable bonds is 3. The van der Waals surface area contributed by atoms with E-state index in [0.717, 1.165) is 17.1 Å². The van der Waals surface area contributed by atoms with Crippen molar-refractivity contribution in [3.8, 4) is 11.4 Å². The molecule has 0 saturated carbocycles. The van der Waals surface area contributed by atoms with Crippen LogP contribution in [0.1, 0.15) is 26.7 Å². The van der Waals surface area contributed by atoms with Crippen LogP contribution in [0, 0.1) is 0 Å². The van der Waals surface area contributed by atoms with Crippen LogP contribution in [0.3, 0.4) is 0 Å². The lowest BCUT2D eigenvalue weighted by molar-refractivity contribution is 0.0506. The number of aromatic nitrogens is 2. The van der Waals surface area contributed by atoms with E-state index in [9.17, 15) is 9.59 Å². The molecule has 2 aromatic heterocycles. The molecule has 2 aliphatic rings. The predicted molar refractivity (Wildman–Crippen MR) is 108 cm³/mol. The minimum atomic E-state index is -0.147. The number of nitrogens with zero attached hydrogens (tertiary/aromatic N) is 4. The van der Waals surface area contributed by atoms with Crippen molar-refractivity contribution < 1.29 is 18.7 Å². The summed E-state index contributed by atoms with van der Waals surface area (Å²) in [7, 11) is 0. The Labute approximate surface area is 173 Å². The Hall–Kier alpha value is -3.39. The number of hydrogen-bond donors (Lipinski definition) is 0. The monoisotopic (exact) mass is 406 g/mol. The van der Waals surface area contributed by atoms with Gasteiger partial charge in [-0.15, -0.1) is 0 Å². The van der Waals surface area contributed by atoms with E-state index in [1.807, 2.05) is 30.3 Å². The quantitative estimate of drug-likeness (QED) is 0.667. The summed E-state index contributed by atoms with van der Waals surface area (Å²) in [4.78, 5) is 34.0. The second-order valence-corrected chi connectivity index (χ2v) is 7.36. The highest BCUT2D eigenvalue weighted by molar-refractivity contribution is 5.95. The van der Waals surface area contributed by atoms with Crippen molar-refractivity contribution in [2.24, 2.45) is 0 Å². The van der Waals surface area contributed by atoms with Crippen molar-refractivity contribution in [3.05, 3.63) is 65.9 Å². The van der Waals surface area contributed by atoms with Crippen molar-refractivity contribution in [3.63, 3.8) is 0 Å². The highest BCUT2D eigenvalue weighted by atomic mass is 16.5. The van der Waals surface area contributed by atoms with E-state index in [1.165, 1.54) is 6.26 Å². The fourth-order valence-corrected chi connectivity index (χ4v) is 4.00. The number of ether oxygens (including phenoxy) is 1. The van der Waals surface area contributed by atoms with Gasteiger partial charge in [-0.2, -0.15) is 0 Å². The Balaban J connectivity index is 1.36.